The van der Waals surface area contributed by atoms with Gasteiger partial charge in [0.05, 0.1) is 18.6 Å². The van der Waals surface area contributed by atoms with E-state index in [1.807, 2.05) is 0 Å². The zero-order valence-corrected chi connectivity index (χ0v) is 12.6. The molecule has 2 aliphatic rings. The number of hydrogen-bond acceptors (Lipinski definition) is 3. The van der Waals surface area contributed by atoms with Crippen LogP contribution < -0.4 is 14.8 Å². The number of rotatable bonds is 2. The third kappa shape index (κ3) is 2.31. The molecule has 20 heavy (non-hydrogen) atoms. The number of alkyl halides is 2. The van der Waals surface area contributed by atoms with E-state index >= 15 is 0 Å². The first kappa shape index (κ1) is 13.8. The van der Waals surface area contributed by atoms with Crippen LogP contribution in [0.3, 0.4) is 0 Å². The lowest BCUT2D eigenvalue weighted by molar-refractivity contribution is -0.120. The van der Waals surface area contributed by atoms with Crippen LogP contribution in [0.15, 0.2) is 18.2 Å². The lowest BCUT2D eigenvalue weighted by Crippen LogP contribution is -2.25. The predicted octanol–water partition coefficient (Wildman–Crippen LogP) is 3.37. The summed E-state index contributed by atoms with van der Waals surface area (Å²) < 4.78 is 10.2. The number of carbonyl (C=O) groups excluding carboxylic acids is 1. The molecule has 4 nitrogen and oxygen atoms in total. The molecule has 0 spiro atoms. The van der Waals surface area contributed by atoms with E-state index in [1.165, 1.54) is 0 Å². The summed E-state index contributed by atoms with van der Waals surface area (Å²) in [6, 6.07) is 5.33. The van der Waals surface area contributed by atoms with E-state index < -0.39 is 9.75 Å². The van der Waals surface area contributed by atoms with E-state index in [0.29, 0.717) is 36.8 Å². The van der Waals surface area contributed by atoms with Crippen molar-refractivity contribution in [1.29, 1.82) is 0 Å². The van der Waals surface area contributed by atoms with Crippen LogP contribution in [0.4, 0.5) is 5.69 Å². The Balaban J connectivity index is 1.76. The molecule has 3 rings (SSSR count). The molecular weight excluding hydrogens is 301 g/mol. The van der Waals surface area contributed by atoms with Gasteiger partial charge in [0.25, 0.3) is 0 Å². The molecule has 1 heterocycles. The Bertz CT molecular complexity index is 561. The molecule has 0 bridgehead atoms. The molecule has 0 aromatic heterocycles. The second-order valence-electron chi connectivity index (χ2n) is 5.38. The maximum atomic E-state index is 12.2. The quantitative estimate of drug-likeness (QED) is 0.851. The van der Waals surface area contributed by atoms with Crippen molar-refractivity contribution in [2.24, 2.45) is 5.41 Å². The van der Waals surface area contributed by atoms with Crippen molar-refractivity contribution in [1.82, 2.24) is 0 Å². The largest absolute Gasteiger partial charge is 0.490 e. The monoisotopic (exact) mass is 315 g/mol. The zero-order chi connectivity index (χ0) is 14.4. The Morgan fingerprint density at radius 2 is 1.90 bits per heavy atom. The van der Waals surface area contributed by atoms with Crippen molar-refractivity contribution in [3.63, 3.8) is 0 Å². The van der Waals surface area contributed by atoms with E-state index in [0.717, 1.165) is 6.42 Å². The lowest BCUT2D eigenvalue weighted by Gasteiger charge is -2.14. The second kappa shape index (κ2) is 4.71. The van der Waals surface area contributed by atoms with Gasteiger partial charge in [-0.3, -0.25) is 4.79 Å². The number of nitrogens with one attached hydrogen (secondary N) is 1. The van der Waals surface area contributed by atoms with Crippen molar-refractivity contribution in [2.75, 3.05) is 18.5 Å². The van der Waals surface area contributed by atoms with Crippen LogP contribution in [0.25, 0.3) is 0 Å². The molecule has 1 aromatic rings. The maximum Gasteiger partial charge on any atom is 0.233 e. The number of ether oxygens (including phenoxy) is 2. The van der Waals surface area contributed by atoms with Gasteiger partial charge < -0.3 is 14.8 Å². The van der Waals surface area contributed by atoms with E-state index in [1.54, 1.807) is 25.1 Å². The van der Waals surface area contributed by atoms with E-state index in [4.69, 9.17) is 32.7 Å². The number of hydrogen-bond donors (Lipinski definition) is 1. The minimum absolute atomic E-state index is 0.183. The van der Waals surface area contributed by atoms with Crippen molar-refractivity contribution in [3.8, 4) is 11.5 Å². The Morgan fingerprint density at radius 3 is 2.55 bits per heavy atom. The molecular formula is C14H15Cl2NO3. The summed E-state index contributed by atoms with van der Waals surface area (Å²) in [5, 5.41) is 2.83. The Kier molecular flexibility index (Phi) is 3.26. The molecule has 1 atom stereocenters. The molecule has 6 heteroatoms. The molecule has 1 N–H and O–H groups in total. The van der Waals surface area contributed by atoms with Gasteiger partial charge in [-0.25, -0.2) is 0 Å². The van der Waals surface area contributed by atoms with Gasteiger partial charge in [0.1, 0.15) is 4.33 Å². The first-order valence-electron chi connectivity index (χ1n) is 6.51. The average molecular weight is 316 g/mol. The van der Waals surface area contributed by atoms with Gasteiger partial charge in [-0.2, -0.15) is 0 Å². The highest BCUT2D eigenvalue weighted by atomic mass is 35.5. The van der Waals surface area contributed by atoms with Crippen LogP contribution >= 0.6 is 23.2 Å². The fourth-order valence-electron chi connectivity index (χ4n) is 2.16. The van der Waals surface area contributed by atoms with Gasteiger partial charge >= 0.3 is 0 Å². The first-order valence-corrected chi connectivity index (χ1v) is 7.27. The molecule has 1 aliphatic carbocycles. The van der Waals surface area contributed by atoms with Gasteiger partial charge in [0, 0.05) is 18.2 Å². The van der Waals surface area contributed by atoms with E-state index in [-0.39, 0.29) is 5.91 Å². The predicted molar refractivity (Wildman–Crippen MR) is 77.8 cm³/mol. The highest BCUT2D eigenvalue weighted by Crippen LogP contribution is 2.64. The SMILES string of the molecule is C[C@]1(C(=O)Nc2ccc3c(c2)OCCCO3)CC1(Cl)Cl. The summed E-state index contributed by atoms with van der Waals surface area (Å²) >= 11 is 12.0. The molecule has 1 saturated carbocycles. The number of anilines is 1. The summed E-state index contributed by atoms with van der Waals surface area (Å²) in [6.45, 7) is 3.00. The zero-order valence-electron chi connectivity index (χ0n) is 11.0. The number of benzene rings is 1. The van der Waals surface area contributed by atoms with Crippen LogP contribution in [-0.4, -0.2) is 23.5 Å². The fraction of sp³-hybridized carbons (Fsp3) is 0.500. The van der Waals surface area contributed by atoms with E-state index in [2.05, 4.69) is 5.32 Å². The van der Waals surface area contributed by atoms with Crippen molar-refractivity contribution in [3.05, 3.63) is 18.2 Å². The molecule has 1 fully saturated rings. The van der Waals surface area contributed by atoms with Gasteiger partial charge in [0.15, 0.2) is 11.5 Å². The molecule has 108 valence electrons. The number of carbonyl (C=O) groups is 1. The number of halogens is 2. The van der Waals surface area contributed by atoms with Gasteiger partial charge in [-0.15, -0.1) is 23.2 Å². The minimum atomic E-state index is -0.970. The van der Waals surface area contributed by atoms with Crippen LogP contribution in [-0.2, 0) is 4.79 Å². The lowest BCUT2D eigenvalue weighted by atomic mass is 10.1. The van der Waals surface area contributed by atoms with Crippen molar-refractivity contribution < 1.29 is 14.3 Å². The van der Waals surface area contributed by atoms with Gasteiger partial charge in [-0.1, -0.05) is 0 Å². The van der Waals surface area contributed by atoms with E-state index in [9.17, 15) is 4.79 Å². The molecule has 1 aliphatic heterocycles. The third-order valence-corrected chi connectivity index (χ3v) is 4.87. The number of fused-ring (bicyclic) bond motifs is 1. The van der Waals surface area contributed by atoms with Crippen LogP contribution in [0, 0.1) is 5.41 Å². The minimum Gasteiger partial charge on any atom is -0.490 e. The summed E-state index contributed by atoms with van der Waals surface area (Å²) in [4.78, 5) is 12.2. The normalized spacial score (nSPS) is 26.6. The van der Waals surface area contributed by atoms with Crippen LogP contribution in [0.1, 0.15) is 19.8 Å². The van der Waals surface area contributed by atoms with Crippen molar-refractivity contribution in [2.45, 2.75) is 24.1 Å². The molecule has 0 saturated heterocycles. The Hall–Kier alpha value is -1.13. The summed E-state index contributed by atoms with van der Waals surface area (Å²) in [7, 11) is 0. The van der Waals surface area contributed by atoms with Crippen LogP contribution in [0.2, 0.25) is 0 Å². The fourth-order valence-corrected chi connectivity index (χ4v) is 2.86. The topological polar surface area (TPSA) is 47.6 Å². The maximum absolute atomic E-state index is 12.2. The van der Waals surface area contributed by atoms with Gasteiger partial charge in [0.2, 0.25) is 5.91 Å². The molecule has 0 unspecified atom stereocenters. The smallest absolute Gasteiger partial charge is 0.233 e. The summed E-state index contributed by atoms with van der Waals surface area (Å²) in [5.74, 6) is 1.16. The second-order valence-corrected chi connectivity index (χ2v) is 6.86. The Labute approximate surface area is 127 Å². The van der Waals surface area contributed by atoms with Crippen molar-refractivity contribution >= 4 is 34.8 Å². The first-order chi connectivity index (χ1) is 9.42. The standard InChI is InChI=1S/C14H15Cl2NO3/c1-13(8-14(13,15)16)12(18)17-9-3-4-10-11(7-9)20-6-2-5-19-10/h3-4,7H,2,5-6,8H2,1H3,(H,17,18)/t13-/m1/s1. The molecule has 0 radical (unpaired) electrons. The van der Waals surface area contributed by atoms with Crippen LogP contribution in [0.5, 0.6) is 11.5 Å². The highest BCUT2D eigenvalue weighted by molar-refractivity contribution is 6.53. The Morgan fingerprint density at radius 1 is 1.25 bits per heavy atom. The molecule has 1 aromatic carbocycles. The van der Waals surface area contributed by atoms with Gasteiger partial charge in [-0.05, 0) is 25.5 Å². The highest BCUT2D eigenvalue weighted by Gasteiger charge is 2.67. The summed E-state index contributed by atoms with van der Waals surface area (Å²) in [5.41, 5.74) is -0.0863. The summed E-state index contributed by atoms with van der Waals surface area (Å²) in [6.07, 6.45) is 1.30. The molecule has 1 amide bonds. The average Bonchev–Trinajstić information content (AvgIpc) is 3.00. The third-order valence-electron chi connectivity index (χ3n) is 3.76. The number of amides is 1.